The first kappa shape index (κ1) is 12.7. The number of nitrogens with zero attached hydrogens (tertiary/aromatic N) is 1. The number of rotatable bonds is 2. The number of nitrogen functional groups attached to an aromatic ring is 1. The Morgan fingerprint density at radius 2 is 2.05 bits per heavy atom. The summed E-state index contributed by atoms with van der Waals surface area (Å²) in [5.41, 5.74) is 12.4. The molecule has 0 fully saturated rings. The molecule has 0 atom stereocenters. The van der Waals surface area contributed by atoms with Gasteiger partial charge in [0, 0.05) is 18.7 Å². The lowest BCUT2D eigenvalue weighted by molar-refractivity contribution is 0.331. The number of hydrogen-bond acceptors (Lipinski definition) is 6. The molecule has 0 unspecified atom stereocenters. The lowest BCUT2D eigenvalue weighted by Crippen LogP contribution is -2.43. The summed E-state index contributed by atoms with van der Waals surface area (Å²) in [7, 11) is 0. The van der Waals surface area contributed by atoms with Gasteiger partial charge in [-0.25, -0.2) is 0 Å². The molecule has 20 heavy (non-hydrogen) atoms. The van der Waals surface area contributed by atoms with Crippen molar-refractivity contribution in [1.82, 2.24) is 0 Å². The number of hydrogen-bond donors (Lipinski definition) is 2. The second-order valence-electron chi connectivity index (χ2n) is 4.84. The van der Waals surface area contributed by atoms with E-state index in [1.807, 2.05) is 18.2 Å². The third kappa shape index (κ3) is 1.85. The van der Waals surface area contributed by atoms with Crippen molar-refractivity contribution in [3.05, 3.63) is 49.8 Å². The van der Waals surface area contributed by atoms with Gasteiger partial charge < -0.3 is 21.1 Å². The van der Waals surface area contributed by atoms with Crippen LogP contribution in [0.4, 0.5) is 11.4 Å². The van der Waals surface area contributed by atoms with Gasteiger partial charge in [0.2, 0.25) is 0 Å². The normalized spacial score (nSPS) is 14.8. The van der Waals surface area contributed by atoms with Crippen molar-refractivity contribution in [2.75, 3.05) is 23.8 Å². The summed E-state index contributed by atoms with van der Waals surface area (Å²) >= 11 is 0. The number of nitrogens with two attached hydrogens (primary N) is 2. The standard InChI is InChI=1S/C14H15N3O3/c15-6-8-1-2-10-9(5-8)7-17(3-4-20-10)12-11(16)13(18)14(12)19/h1-2,5H,3-4,6-7,15-16H2. The fourth-order valence-corrected chi connectivity index (χ4v) is 2.48. The summed E-state index contributed by atoms with van der Waals surface area (Å²) in [6.45, 7) is 1.88. The fraction of sp³-hybridized carbons (Fsp3) is 0.286. The molecule has 1 aliphatic rings. The van der Waals surface area contributed by atoms with Crippen LogP contribution in [0.25, 0.3) is 0 Å². The molecule has 0 aliphatic carbocycles. The second kappa shape index (κ2) is 4.64. The van der Waals surface area contributed by atoms with E-state index in [9.17, 15) is 9.59 Å². The van der Waals surface area contributed by atoms with Crippen LogP contribution in [0.1, 0.15) is 11.1 Å². The van der Waals surface area contributed by atoms with Crippen LogP contribution in [-0.4, -0.2) is 13.2 Å². The first-order chi connectivity index (χ1) is 9.61. The predicted molar refractivity (Wildman–Crippen MR) is 76.6 cm³/mol. The van der Waals surface area contributed by atoms with Crippen molar-refractivity contribution >= 4 is 11.4 Å². The Balaban J connectivity index is 1.97. The van der Waals surface area contributed by atoms with Crippen molar-refractivity contribution in [2.45, 2.75) is 13.1 Å². The van der Waals surface area contributed by atoms with E-state index in [0.29, 0.717) is 31.9 Å². The smallest absolute Gasteiger partial charge is 0.253 e. The van der Waals surface area contributed by atoms with Crippen LogP contribution in [0.3, 0.4) is 0 Å². The van der Waals surface area contributed by atoms with Crippen molar-refractivity contribution in [1.29, 1.82) is 0 Å². The lowest BCUT2D eigenvalue weighted by atomic mass is 10.1. The minimum atomic E-state index is -0.596. The highest BCUT2D eigenvalue weighted by Crippen LogP contribution is 2.27. The van der Waals surface area contributed by atoms with Crippen molar-refractivity contribution in [2.24, 2.45) is 5.73 Å². The topological polar surface area (TPSA) is 98.6 Å². The van der Waals surface area contributed by atoms with Gasteiger partial charge in [-0.2, -0.15) is 0 Å². The summed E-state index contributed by atoms with van der Waals surface area (Å²) in [5.74, 6) is 0.780. The fourth-order valence-electron chi connectivity index (χ4n) is 2.48. The maximum absolute atomic E-state index is 11.6. The minimum Gasteiger partial charge on any atom is -0.491 e. The van der Waals surface area contributed by atoms with Crippen LogP contribution in [0.5, 0.6) is 5.75 Å². The monoisotopic (exact) mass is 273 g/mol. The van der Waals surface area contributed by atoms with Crippen molar-refractivity contribution in [3.63, 3.8) is 0 Å². The quantitative estimate of drug-likeness (QED) is 0.730. The van der Waals surface area contributed by atoms with Gasteiger partial charge in [-0.15, -0.1) is 0 Å². The number of benzene rings is 1. The van der Waals surface area contributed by atoms with Crippen LogP contribution in [0.15, 0.2) is 27.8 Å². The van der Waals surface area contributed by atoms with Crippen LogP contribution >= 0.6 is 0 Å². The van der Waals surface area contributed by atoms with Gasteiger partial charge in [0.1, 0.15) is 23.7 Å². The zero-order valence-corrected chi connectivity index (χ0v) is 10.9. The van der Waals surface area contributed by atoms with E-state index in [1.54, 1.807) is 4.90 Å². The highest BCUT2D eigenvalue weighted by Gasteiger charge is 2.26. The molecule has 6 heteroatoms. The third-order valence-corrected chi connectivity index (χ3v) is 3.58. The molecule has 3 rings (SSSR count). The molecule has 0 saturated carbocycles. The molecule has 0 bridgehead atoms. The number of anilines is 2. The van der Waals surface area contributed by atoms with E-state index in [0.717, 1.165) is 16.9 Å². The molecule has 4 N–H and O–H groups in total. The van der Waals surface area contributed by atoms with Crippen molar-refractivity contribution in [3.8, 4) is 5.75 Å². The maximum Gasteiger partial charge on any atom is 0.253 e. The molecule has 0 saturated heterocycles. The van der Waals surface area contributed by atoms with Crippen LogP contribution in [0.2, 0.25) is 0 Å². The van der Waals surface area contributed by atoms with Gasteiger partial charge in [-0.1, -0.05) is 6.07 Å². The number of ether oxygens (including phenoxy) is 1. The van der Waals surface area contributed by atoms with Gasteiger partial charge >= 0.3 is 0 Å². The van der Waals surface area contributed by atoms with E-state index >= 15 is 0 Å². The molecule has 0 spiro atoms. The first-order valence-corrected chi connectivity index (χ1v) is 6.40. The summed E-state index contributed by atoms with van der Waals surface area (Å²) in [6, 6.07) is 5.75. The molecule has 104 valence electrons. The average molecular weight is 273 g/mol. The maximum atomic E-state index is 11.6. The molecule has 2 aromatic carbocycles. The average Bonchev–Trinajstić information content (AvgIpc) is 2.68. The molecule has 0 radical (unpaired) electrons. The number of fused-ring (bicyclic) bond motifs is 1. The highest BCUT2D eigenvalue weighted by molar-refractivity contribution is 5.73. The van der Waals surface area contributed by atoms with Gasteiger partial charge in [0.15, 0.2) is 0 Å². The molecule has 2 aromatic rings. The van der Waals surface area contributed by atoms with E-state index in [4.69, 9.17) is 16.2 Å². The van der Waals surface area contributed by atoms with Gasteiger partial charge in [0.25, 0.3) is 10.9 Å². The lowest BCUT2D eigenvalue weighted by Gasteiger charge is -2.23. The Morgan fingerprint density at radius 1 is 1.25 bits per heavy atom. The molecular formula is C14H15N3O3. The first-order valence-electron chi connectivity index (χ1n) is 6.40. The Bertz CT molecular complexity index is 732. The molecular weight excluding hydrogens is 258 g/mol. The Morgan fingerprint density at radius 3 is 2.75 bits per heavy atom. The minimum absolute atomic E-state index is 0.0495. The molecule has 1 heterocycles. The summed E-state index contributed by atoms with van der Waals surface area (Å²) < 4.78 is 5.65. The molecule has 6 nitrogen and oxygen atoms in total. The van der Waals surface area contributed by atoms with Crippen LogP contribution in [-0.2, 0) is 13.1 Å². The van der Waals surface area contributed by atoms with E-state index in [2.05, 4.69) is 0 Å². The summed E-state index contributed by atoms with van der Waals surface area (Å²) in [5, 5.41) is 0. The Kier molecular flexibility index (Phi) is 2.94. The van der Waals surface area contributed by atoms with E-state index in [-0.39, 0.29) is 5.69 Å². The van der Waals surface area contributed by atoms with E-state index < -0.39 is 10.9 Å². The van der Waals surface area contributed by atoms with E-state index in [1.165, 1.54) is 0 Å². The molecule has 1 aliphatic heterocycles. The van der Waals surface area contributed by atoms with Gasteiger partial charge in [0.05, 0.1) is 6.54 Å². The highest BCUT2D eigenvalue weighted by atomic mass is 16.5. The van der Waals surface area contributed by atoms with Gasteiger partial charge in [-0.05, 0) is 17.7 Å². The molecule has 0 amide bonds. The van der Waals surface area contributed by atoms with Crippen LogP contribution < -0.4 is 32.0 Å². The Hall–Kier alpha value is -2.34. The molecule has 0 aromatic heterocycles. The summed E-state index contributed by atoms with van der Waals surface area (Å²) in [6.07, 6.45) is 0. The van der Waals surface area contributed by atoms with Crippen LogP contribution in [0, 0.1) is 0 Å². The Labute approximate surface area is 115 Å². The van der Waals surface area contributed by atoms with Gasteiger partial charge in [-0.3, -0.25) is 9.59 Å². The largest absolute Gasteiger partial charge is 0.491 e. The predicted octanol–water partition coefficient (Wildman–Crippen LogP) is -0.277. The third-order valence-electron chi connectivity index (χ3n) is 3.58. The second-order valence-corrected chi connectivity index (χ2v) is 4.84. The zero-order chi connectivity index (χ0) is 14.3. The zero-order valence-electron chi connectivity index (χ0n) is 10.9. The van der Waals surface area contributed by atoms with Crippen molar-refractivity contribution < 1.29 is 4.74 Å². The summed E-state index contributed by atoms with van der Waals surface area (Å²) in [4.78, 5) is 24.7. The SMILES string of the molecule is NCc1ccc2c(c1)CN(c1c(N)c(=O)c1=O)CCO2.